The molecule has 0 aliphatic carbocycles. The normalized spacial score (nSPS) is 19.3. The molecule has 2 heterocycles. The Labute approximate surface area is 101 Å². The van der Waals surface area contributed by atoms with Crippen LogP contribution in [-0.4, -0.2) is 23.1 Å². The fourth-order valence-electron chi connectivity index (χ4n) is 2.26. The molecule has 5 nitrogen and oxygen atoms in total. The van der Waals surface area contributed by atoms with Crippen LogP contribution in [0.25, 0.3) is 0 Å². The zero-order valence-electron chi connectivity index (χ0n) is 10.5. The van der Waals surface area contributed by atoms with Crippen LogP contribution >= 0.6 is 0 Å². The first-order chi connectivity index (χ1) is 8.06. The van der Waals surface area contributed by atoms with Crippen LogP contribution in [0.3, 0.4) is 0 Å². The van der Waals surface area contributed by atoms with Crippen molar-refractivity contribution in [1.82, 2.24) is 9.97 Å². The first-order valence-corrected chi connectivity index (χ1v) is 6.14. The van der Waals surface area contributed by atoms with Crippen LogP contribution < -0.4 is 16.2 Å². The highest BCUT2D eigenvalue weighted by atomic mass is 16.1. The number of nitrogens with zero attached hydrogens (tertiary/aromatic N) is 2. The van der Waals surface area contributed by atoms with Crippen molar-refractivity contribution in [3.05, 3.63) is 16.7 Å². The topological polar surface area (TPSA) is 75.0 Å². The number of nitrogens with two attached hydrogens (primary N) is 1. The average Bonchev–Trinajstić information content (AvgIpc) is 2.34. The molecule has 0 unspecified atom stereocenters. The molecule has 0 radical (unpaired) electrons. The minimum atomic E-state index is -0.251. The molecular weight excluding hydrogens is 216 g/mol. The van der Waals surface area contributed by atoms with Crippen LogP contribution in [0.15, 0.2) is 11.1 Å². The molecule has 17 heavy (non-hydrogen) atoms. The summed E-state index contributed by atoms with van der Waals surface area (Å²) in [5.74, 6) is 0.631. The molecule has 5 heteroatoms. The van der Waals surface area contributed by atoms with Crippen molar-refractivity contribution >= 4 is 11.5 Å². The average molecular weight is 236 g/mol. The van der Waals surface area contributed by atoms with Crippen LogP contribution in [0.2, 0.25) is 0 Å². The minimum Gasteiger partial charge on any atom is -0.391 e. The molecule has 0 spiro atoms. The fourth-order valence-corrected chi connectivity index (χ4v) is 2.26. The van der Waals surface area contributed by atoms with Crippen molar-refractivity contribution in [1.29, 1.82) is 0 Å². The SMILES string of the molecule is CCC1(C)CCN(c2nc[nH]c(=O)c2N)CC1. The summed E-state index contributed by atoms with van der Waals surface area (Å²) >= 11 is 0. The first-order valence-electron chi connectivity index (χ1n) is 6.14. The summed E-state index contributed by atoms with van der Waals surface area (Å²) in [5.41, 5.74) is 6.17. The van der Waals surface area contributed by atoms with E-state index in [-0.39, 0.29) is 11.2 Å². The third-order valence-corrected chi connectivity index (χ3v) is 3.99. The maximum atomic E-state index is 11.4. The number of hydrogen-bond acceptors (Lipinski definition) is 4. The number of aromatic nitrogens is 2. The summed E-state index contributed by atoms with van der Waals surface area (Å²) in [7, 11) is 0. The molecule has 1 saturated heterocycles. The van der Waals surface area contributed by atoms with Crippen LogP contribution in [0.4, 0.5) is 11.5 Å². The van der Waals surface area contributed by atoms with Crippen molar-refractivity contribution in [2.45, 2.75) is 33.1 Å². The lowest BCUT2D eigenvalue weighted by Crippen LogP contribution is -2.39. The number of anilines is 2. The molecule has 1 aliphatic heterocycles. The van der Waals surface area contributed by atoms with Gasteiger partial charge in [0.05, 0.1) is 6.33 Å². The quantitative estimate of drug-likeness (QED) is 0.813. The van der Waals surface area contributed by atoms with Gasteiger partial charge in [-0.3, -0.25) is 4.79 Å². The van der Waals surface area contributed by atoms with Gasteiger partial charge in [-0.15, -0.1) is 0 Å². The largest absolute Gasteiger partial charge is 0.391 e. The number of piperidine rings is 1. The van der Waals surface area contributed by atoms with Crippen LogP contribution in [0.1, 0.15) is 33.1 Å². The maximum absolute atomic E-state index is 11.4. The molecule has 0 aromatic carbocycles. The molecule has 2 rings (SSSR count). The molecule has 94 valence electrons. The lowest BCUT2D eigenvalue weighted by atomic mass is 9.78. The molecule has 1 aromatic rings. The Hall–Kier alpha value is -1.52. The van der Waals surface area contributed by atoms with Crippen molar-refractivity contribution in [3.8, 4) is 0 Å². The number of rotatable bonds is 2. The Morgan fingerprint density at radius 3 is 2.76 bits per heavy atom. The highest BCUT2D eigenvalue weighted by Gasteiger charge is 2.29. The molecule has 0 amide bonds. The Kier molecular flexibility index (Phi) is 3.09. The summed E-state index contributed by atoms with van der Waals surface area (Å²) < 4.78 is 0. The van der Waals surface area contributed by atoms with Gasteiger partial charge in [-0.2, -0.15) is 0 Å². The summed E-state index contributed by atoms with van der Waals surface area (Å²) in [4.78, 5) is 20.2. The van der Waals surface area contributed by atoms with E-state index in [0.717, 1.165) is 25.9 Å². The highest BCUT2D eigenvalue weighted by Crippen LogP contribution is 2.35. The van der Waals surface area contributed by atoms with Crippen molar-refractivity contribution < 1.29 is 0 Å². The van der Waals surface area contributed by atoms with E-state index in [0.29, 0.717) is 11.2 Å². The van der Waals surface area contributed by atoms with Crippen LogP contribution in [-0.2, 0) is 0 Å². The predicted molar refractivity (Wildman–Crippen MR) is 69.1 cm³/mol. The van der Waals surface area contributed by atoms with E-state index in [1.807, 2.05) is 0 Å². The van der Waals surface area contributed by atoms with E-state index >= 15 is 0 Å². The lowest BCUT2D eigenvalue weighted by Gasteiger charge is -2.39. The molecular formula is C12H20N4O. The van der Waals surface area contributed by atoms with Gasteiger partial charge in [0.25, 0.3) is 5.56 Å². The Balaban J connectivity index is 2.16. The van der Waals surface area contributed by atoms with Gasteiger partial charge in [0, 0.05) is 13.1 Å². The predicted octanol–water partition coefficient (Wildman–Crippen LogP) is 1.37. The standard InChI is InChI=1S/C12H20N4O/c1-3-12(2)4-6-16(7-5-12)10-9(13)11(17)15-8-14-10/h8H,3-7,13H2,1-2H3,(H,14,15,17). The second-order valence-corrected chi connectivity index (χ2v) is 5.12. The fraction of sp³-hybridized carbons (Fsp3) is 0.667. The molecule has 0 bridgehead atoms. The molecule has 0 atom stereocenters. The molecule has 1 fully saturated rings. The zero-order valence-corrected chi connectivity index (χ0v) is 10.5. The third kappa shape index (κ3) is 2.28. The second-order valence-electron chi connectivity index (χ2n) is 5.12. The smallest absolute Gasteiger partial charge is 0.276 e. The van der Waals surface area contributed by atoms with Gasteiger partial charge in [-0.05, 0) is 18.3 Å². The van der Waals surface area contributed by atoms with Gasteiger partial charge in [0.15, 0.2) is 5.82 Å². The molecule has 1 aliphatic rings. The Bertz CT molecular complexity index is 446. The van der Waals surface area contributed by atoms with Gasteiger partial charge in [-0.1, -0.05) is 20.3 Å². The lowest BCUT2D eigenvalue weighted by molar-refractivity contribution is 0.238. The van der Waals surface area contributed by atoms with Crippen molar-refractivity contribution in [2.75, 3.05) is 23.7 Å². The van der Waals surface area contributed by atoms with Crippen molar-refractivity contribution in [2.24, 2.45) is 5.41 Å². The van der Waals surface area contributed by atoms with E-state index in [1.165, 1.54) is 12.7 Å². The first kappa shape index (κ1) is 12.0. The second kappa shape index (κ2) is 4.39. The summed E-state index contributed by atoms with van der Waals surface area (Å²) in [5, 5.41) is 0. The number of nitrogens with one attached hydrogen (secondary N) is 1. The van der Waals surface area contributed by atoms with Crippen LogP contribution in [0.5, 0.6) is 0 Å². The number of nitrogen functional groups attached to an aromatic ring is 1. The molecule has 0 saturated carbocycles. The van der Waals surface area contributed by atoms with E-state index in [2.05, 4.69) is 28.7 Å². The van der Waals surface area contributed by atoms with E-state index in [9.17, 15) is 4.79 Å². The highest BCUT2D eigenvalue weighted by molar-refractivity contribution is 5.60. The van der Waals surface area contributed by atoms with E-state index < -0.39 is 0 Å². The van der Waals surface area contributed by atoms with Crippen LogP contribution in [0, 0.1) is 5.41 Å². The number of aromatic amines is 1. The van der Waals surface area contributed by atoms with Gasteiger partial charge >= 0.3 is 0 Å². The monoisotopic (exact) mass is 236 g/mol. The van der Waals surface area contributed by atoms with Gasteiger partial charge in [0.2, 0.25) is 0 Å². The van der Waals surface area contributed by atoms with E-state index in [1.54, 1.807) is 0 Å². The van der Waals surface area contributed by atoms with Gasteiger partial charge in [0.1, 0.15) is 5.69 Å². The minimum absolute atomic E-state index is 0.229. The van der Waals surface area contributed by atoms with Crippen molar-refractivity contribution in [3.63, 3.8) is 0 Å². The third-order valence-electron chi connectivity index (χ3n) is 3.99. The number of H-pyrrole nitrogens is 1. The number of hydrogen-bond donors (Lipinski definition) is 2. The Morgan fingerprint density at radius 1 is 1.53 bits per heavy atom. The van der Waals surface area contributed by atoms with Gasteiger partial charge in [-0.25, -0.2) is 4.98 Å². The summed E-state index contributed by atoms with van der Waals surface area (Å²) in [6.07, 6.45) is 4.86. The summed E-state index contributed by atoms with van der Waals surface area (Å²) in [6.45, 7) is 6.39. The molecule has 1 aromatic heterocycles. The van der Waals surface area contributed by atoms with E-state index in [4.69, 9.17) is 5.73 Å². The zero-order chi connectivity index (χ0) is 12.5. The maximum Gasteiger partial charge on any atom is 0.276 e. The molecule has 3 N–H and O–H groups in total. The van der Waals surface area contributed by atoms with Gasteiger partial charge < -0.3 is 15.6 Å². The Morgan fingerprint density at radius 2 is 2.18 bits per heavy atom. The summed E-state index contributed by atoms with van der Waals surface area (Å²) in [6, 6.07) is 0.